The molecular weight excluding hydrogens is 191 g/mol. The molecule has 0 aromatic rings. The molecule has 2 fully saturated rings. The zero-order valence-corrected chi connectivity index (χ0v) is 8.06. The fraction of sp³-hybridized carbons (Fsp3) is 0.900. The third-order valence-electron chi connectivity index (χ3n) is 3.04. The Morgan fingerprint density at radius 1 is 1.21 bits per heavy atom. The Kier molecular flexibility index (Phi) is 2.73. The second kappa shape index (κ2) is 3.72. The summed E-state index contributed by atoms with van der Waals surface area (Å²) in [5, 5.41) is 0. The van der Waals surface area contributed by atoms with E-state index in [0.29, 0.717) is 13.1 Å². The molecule has 1 saturated carbocycles. The quantitative estimate of drug-likeness (QED) is 0.671. The molecule has 1 saturated heterocycles. The highest BCUT2D eigenvalue weighted by molar-refractivity contribution is 4.91. The molecule has 0 spiro atoms. The van der Waals surface area contributed by atoms with Gasteiger partial charge in [0.05, 0.1) is 5.92 Å². The van der Waals surface area contributed by atoms with E-state index in [0.717, 1.165) is 12.5 Å². The molecule has 1 atom stereocenters. The van der Waals surface area contributed by atoms with E-state index in [1.807, 2.05) is 0 Å². The molecule has 0 bridgehead atoms. The van der Waals surface area contributed by atoms with Gasteiger partial charge in [-0.15, -0.1) is 0 Å². The van der Waals surface area contributed by atoms with Crippen molar-refractivity contribution in [2.75, 3.05) is 19.6 Å². The third-order valence-corrected chi connectivity index (χ3v) is 3.04. The van der Waals surface area contributed by atoms with Gasteiger partial charge in [0.25, 0.3) is 0 Å². The first kappa shape index (κ1) is 10.3. The van der Waals surface area contributed by atoms with Gasteiger partial charge in [0.1, 0.15) is 0 Å². The summed E-state index contributed by atoms with van der Waals surface area (Å²) in [6.45, 7) is 2.12. The van der Waals surface area contributed by atoms with Gasteiger partial charge in [0, 0.05) is 13.1 Å². The van der Waals surface area contributed by atoms with Crippen LogP contribution in [0.2, 0.25) is 0 Å². The van der Waals surface area contributed by atoms with Crippen LogP contribution in [0.1, 0.15) is 19.3 Å². The largest absolute Gasteiger partial charge is 0.392 e. The van der Waals surface area contributed by atoms with Crippen molar-refractivity contribution in [1.82, 2.24) is 4.90 Å². The van der Waals surface area contributed by atoms with Crippen LogP contribution in [0, 0.1) is 18.3 Å². The Bertz CT molecular complexity index is 190. The smallest absolute Gasteiger partial charge is 0.303 e. The van der Waals surface area contributed by atoms with Crippen molar-refractivity contribution in [3.8, 4) is 0 Å². The normalized spacial score (nSPS) is 26.8. The van der Waals surface area contributed by atoms with Gasteiger partial charge in [-0.3, -0.25) is 0 Å². The van der Waals surface area contributed by atoms with E-state index >= 15 is 0 Å². The van der Waals surface area contributed by atoms with Gasteiger partial charge < -0.3 is 4.90 Å². The molecule has 0 aromatic heterocycles. The van der Waals surface area contributed by atoms with E-state index in [1.54, 1.807) is 0 Å². The number of hydrogen-bond acceptors (Lipinski definition) is 1. The van der Waals surface area contributed by atoms with E-state index in [4.69, 9.17) is 0 Å². The summed E-state index contributed by atoms with van der Waals surface area (Å²) >= 11 is 0. The first-order valence-electron chi connectivity index (χ1n) is 5.18. The molecule has 0 amide bonds. The van der Waals surface area contributed by atoms with Gasteiger partial charge in [-0.2, -0.15) is 13.2 Å². The van der Waals surface area contributed by atoms with Gasteiger partial charge in [0.2, 0.25) is 0 Å². The maximum absolute atomic E-state index is 12.3. The molecule has 1 aliphatic carbocycles. The molecule has 2 aliphatic rings. The molecule has 1 radical (unpaired) electrons. The standard InChI is InChI=1S/C10H15F3N/c11-10(12,13)9-3-5-14(6-4-9)7-8-1-2-8/h3,8-9H,1-2,4-7H2. The van der Waals surface area contributed by atoms with Crippen LogP contribution in [-0.2, 0) is 0 Å². The van der Waals surface area contributed by atoms with Crippen LogP contribution in [0.3, 0.4) is 0 Å². The minimum atomic E-state index is -4.02. The average molecular weight is 206 g/mol. The van der Waals surface area contributed by atoms with Gasteiger partial charge in [0.15, 0.2) is 0 Å². The monoisotopic (exact) mass is 206 g/mol. The number of alkyl halides is 3. The molecule has 1 heterocycles. The highest BCUT2D eigenvalue weighted by Crippen LogP contribution is 2.35. The van der Waals surface area contributed by atoms with Crippen molar-refractivity contribution in [1.29, 1.82) is 0 Å². The lowest BCUT2D eigenvalue weighted by Gasteiger charge is -2.32. The predicted molar refractivity (Wildman–Crippen MR) is 47.6 cm³/mol. The summed E-state index contributed by atoms with van der Waals surface area (Å²) in [4.78, 5) is 2.14. The van der Waals surface area contributed by atoms with Crippen LogP contribution in [-0.4, -0.2) is 30.7 Å². The number of piperidine rings is 1. The van der Waals surface area contributed by atoms with E-state index < -0.39 is 12.1 Å². The minimum absolute atomic E-state index is 0.246. The Labute approximate surface area is 82.3 Å². The molecule has 81 valence electrons. The summed E-state index contributed by atoms with van der Waals surface area (Å²) in [6.07, 6.45) is 0.173. The van der Waals surface area contributed by atoms with Crippen LogP contribution in [0.25, 0.3) is 0 Å². The number of nitrogens with zero attached hydrogens (tertiary/aromatic N) is 1. The highest BCUT2D eigenvalue weighted by atomic mass is 19.4. The minimum Gasteiger partial charge on any atom is -0.303 e. The van der Waals surface area contributed by atoms with E-state index in [2.05, 4.69) is 4.90 Å². The SMILES string of the molecule is FC(F)(F)C1[CH]CN(CC2CC2)CC1. The molecule has 1 unspecified atom stereocenters. The van der Waals surface area contributed by atoms with Crippen molar-refractivity contribution in [2.45, 2.75) is 25.4 Å². The van der Waals surface area contributed by atoms with Crippen molar-refractivity contribution in [3.05, 3.63) is 6.42 Å². The van der Waals surface area contributed by atoms with Gasteiger partial charge in [-0.25, -0.2) is 0 Å². The van der Waals surface area contributed by atoms with Crippen LogP contribution in [0.4, 0.5) is 13.2 Å². The maximum atomic E-state index is 12.3. The lowest BCUT2D eigenvalue weighted by atomic mass is 9.96. The summed E-state index contributed by atoms with van der Waals surface area (Å²) in [5.74, 6) is -0.399. The fourth-order valence-corrected chi connectivity index (χ4v) is 1.94. The van der Waals surface area contributed by atoms with Gasteiger partial charge in [-0.05, 0) is 38.1 Å². The first-order valence-corrected chi connectivity index (χ1v) is 5.18. The second-order valence-corrected chi connectivity index (χ2v) is 4.38. The topological polar surface area (TPSA) is 3.24 Å². The zero-order valence-electron chi connectivity index (χ0n) is 8.06. The van der Waals surface area contributed by atoms with Crippen LogP contribution in [0.15, 0.2) is 0 Å². The van der Waals surface area contributed by atoms with Crippen molar-refractivity contribution >= 4 is 0 Å². The number of hydrogen-bond donors (Lipinski definition) is 0. The summed E-state index contributed by atoms with van der Waals surface area (Å²) < 4.78 is 36.9. The molecule has 1 aliphatic heterocycles. The van der Waals surface area contributed by atoms with Gasteiger partial charge in [-0.1, -0.05) is 0 Å². The van der Waals surface area contributed by atoms with Crippen LogP contribution in [0.5, 0.6) is 0 Å². The molecule has 14 heavy (non-hydrogen) atoms. The van der Waals surface area contributed by atoms with E-state index in [-0.39, 0.29) is 6.42 Å². The number of likely N-dealkylation sites (tertiary alicyclic amines) is 1. The summed E-state index contributed by atoms with van der Waals surface area (Å²) in [6, 6.07) is 0. The molecular formula is C10H15F3N. The number of rotatable bonds is 2. The van der Waals surface area contributed by atoms with Crippen molar-refractivity contribution in [3.63, 3.8) is 0 Å². The second-order valence-electron chi connectivity index (χ2n) is 4.38. The molecule has 1 nitrogen and oxygen atoms in total. The Morgan fingerprint density at radius 3 is 2.36 bits per heavy atom. The molecule has 0 aromatic carbocycles. The summed E-state index contributed by atoms with van der Waals surface area (Å²) in [7, 11) is 0. The fourth-order valence-electron chi connectivity index (χ4n) is 1.94. The first-order chi connectivity index (χ1) is 6.55. The Morgan fingerprint density at radius 2 is 1.93 bits per heavy atom. The Hall–Kier alpha value is -0.250. The van der Waals surface area contributed by atoms with Crippen LogP contribution < -0.4 is 0 Å². The lowest BCUT2D eigenvalue weighted by Crippen LogP contribution is -2.40. The maximum Gasteiger partial charge on any atom is 0.392 e. The van der Waals surface area contributed by atoms with Crippen molar-refractivity contribution < 1.29 is 13.2 Å². The van der Waals surface area contributed by atoms with E-state index in [9.17, 15) is 13.2 Å². The predicted octanol–water partition coefficient (Wildman–Crippen LogP) is 2.48. The Balaban J connectivity index is 1.74. The van der Waals surface area contributed by atoms with Gasteiger partial charge >= 0.3 is 6.18 Å². The lowest BCUT2D eigenvalue weighted by molar-refractivity contribution is -0.172. The molecule has 0 N–H and O–H groups in total. The highest BCUT2D eigenvalue weighted by Gasteiger charge is 2.41. The van der Waals surface area contributed by atoms with Crippen LogP contribution >= 0.6 is 0 Å². The number of halogens is 3. The molecule has 2 rings (SSSR count). The van der Waals surface area contributed by atoms with Crippen molar-refractivity contribution in [2.24, 2.45) is 11.8 Å². The zero-order chi connectivity index (χ0) is 10.2. The summed E-state index contributed by atoms with van der Waals surface area (Å²) in [5.41, 5.74) is 0. The van der Waals surface area contributed by atoms with E-state index in [1.165, 1.54) is 19.3 Å². The average Bonchev–Trinajstić information content (AvgIpc) is 2.88. The molecule has 4 heteroatoms. The third kappa shape index (κ3) is 2.62.